The van der Waals surface area contributed by atoms with Crippen LogP contribution in [0.15, 0.2) is 16.6 Å². The molecule has 1 aliphatic heterocycles. The van der Waals surface area contributed by atoms with Crippen LogP contribution < -0.4 is 11.1 Å². The predicted octanol–water partition coefficient (Wildman–Crippen LogP) is 2.39. The minimum Gasteiger partial charge on any atom is -0.397 e. The molecule has 1 unspecified atom stereocenters. The Morgan fingerprint density at radius 2 is 2.39 bits per heavy atom. The standard InChI is InChI=1S/C12H16BrFN2O2/c1-17-12(2-3-18-7-12)6-16-11-5-9(14)8(13)4-10(11)15/h4-5,16H,2-3,6-7,15H2,1H3. The average molecular weight is 319 g/mol. The van der Waals surface area contributed by atoms with Gasteiger partial charge < -0.3 is 20.5 Å². The third-order valence-corrected chi connectivity index (χ3v) is 3.80. The highest BCUT2D eigenvalue weighted by molar-refractivity contribution is 9.10. The van der Waals surface area contributed by atoms with Crippen LogP contribution in [0.5, 0.6) is 0 Å². The topological polar surface area (TPSA) is 56.5 Å². The summed E-state index contributed by atoms with van der Waals surface area (Å²) >= 11 is 3.09. The lowest BCUT2D eigenvalue weighted by molar-refractivity contribution is -0.00619. The molecular formula is C12H16BrFN2O2. The van der Waals surface area contributed by atoms with Gasteiger partial charge in [-0.3, -0.25) is 0 Å². The number of hydrogen-bond donors (Lipinski definition) is 2. The Bertz CT molecular complexity index is 436. The second kappa shape index (κ2) is 5.42. The molecule has 1 heterocycles. The lowest BCUT2D eigenvalue weighted by atomic mass is 10.0. The van der Waals surface area contributed by atoms with Crippen LogP contribution in [0, 0.1) is 5.82 Å². The van der Waals surface area contributed by atoms with Crippen molar-refractivity contribution in [1.82, 2.24) is 0 Å². The summed E-state index contributed by atoms with van der Waals surface area (Å²) in [6.07, 6.45) is 0.815. The van der Waals surface area contributed by atoms with Crippen molar-refractivity contribution in [1.29, 1.82) is 0 Å². The normalized spacial score (nSPS) is 23.3. The Balaban J connectivity index is 2.08. The maximum atomic E-state index is 13.4. The molecule has 18 heavy (non-hydrogen) atoms. The van der Waals surface area contributed by atoms with Gasteiger partial charge in [-0.1, -0.05) is 0 Å². The third kappa shape index (κ3) is 2.76. The van der Waals surface area contributed by atoms with Crippen molar-refractivity contribution < 1.29 is 13.9 Å². The predicted molar refractivity (Wildman–Crippen MR) is 72.2 cm³/mol. The number of hydrogen-bond acceptors (Lipinski definition) is 4. The molecule has 1 saturated heterocycles. The van der Waals surface area contributed by atoms with Gasteiger partial charge in [-0.05, 0) is 22.0 Å². The first-order chi connectivity index (χ1) is 8.56. The number of anilines is 2. The Labute approximate surface area is 114 Å². The highest BCUT2D eigenvalue weighted by atomic mass is 79.9. The van der Waals surface area contributed by atoms with E-state index in [9.17, 15) is 4.39 Å². The van der Waals surface area contributed by atoms with Crippen molar-refractivity contribution in [3.63, 3.8) is 0 Å². The smallest absolute Gasteiger partial charge is 0.139 e. The van der Waals surface area contributed by atoms with E-state index < -0.39 is 0 Å². The zero-order valence-corrected chi connectivity index (χ0v) is 11.7. The van der Waals surface area contributed by atoms with Gasteiger partial charge in [-0.2, -0.15) is 0 Å². The quantitative estimate of drug-likeness (QED) is 0.837. The first-order valence-electron chi connectivity index (χ1n) is 5.68. The van der Waals surface area contributed by atoms with E-state index in [0.717, 1.165) is 6.42 Å². The largest absolute Gasteiger partial charge is 0.397 e. The summed E-state index contributed by atoms with van der Waals surface area (Å²) in [5.41, 5.74) is 6.54. The van der Waals surface area contributed by atoms with E-state index in [1.54, 1.807) is 13.2 Å². The average Bonchev–Trinajstić information content (AvgIpc) is 2.82. The lowest BCUT2D eigenvalue weighted by Gasteiger charge is -2.26. The van der Waals surface area contributed by atoms with Gasteiger partial charge in [0.15, 0.2) is 0 Å². The van der Waals surface area contributed by atoms with Crippen LogP contribution in [0.1, 0.15) is 6.42 Å². The molecule has 0 radical (unpaired) electrons. The van der Waals surface area contributed by atoms with Crippen LogP contribution >= 0.6 is 15.9 Å². The molecule has 1 atom stereocenters. The minimum atomic E-state index is -0.351. The number of methoxy groups -OCH3 is 1. The second-order valence-electron chi connectivity index (χ2n) is 4.40. The molecule has 1 fully saturated rings. The molecule has 100 valence electrons. The Morgan fingerprint density at radius 3 is 3.00 bits per heavy atom. The summed E-state index contributed by atoms with van der Waals surface area (Å²) in [6.45, 7) is 1.75. The van der Waals surface area contributed by atoms with Crippen molar-refractivity contribution in [3.05, 3.63) is 22.4 Å². The number of ether oxygens (including phenoxy) is 2. The Morgan fingerprint density at radius 1 is 1.61 bits per heavy atom. The molecule has 6 heteroatoms. The van der Waals surface area contributed by atoms with E-state index in [1.807, 2.05) is 0 Å². The number of nitrogen functional groups attached to an aromatic ring is 1. The molecule has 0 aromatic heterocycles. The Hall–Kier alpha value is -0.850. The summed E-state index contributed by atoms with van der Waals surface area (Å²) in [4.78, 5) is 0. The molecule has 1 aromatic rings. The fraction of sp³-hybridized carbons (Fsp3) is 0.500. The number of benzene rings is 1. The molecule has 0 aliphatic carbocycles. The molecule has 4 nitrogen and oxygen atoms in total. The number of nitrogens with two attached hydrogens (primary N) is 1. The van der Waals surface area contributed by atoms with Gasteiger partial charge in [0, 0.05) is 32.7 Å². The molecule has 0 amide bonds. The van der Waals surface area contributed by atoms with E-state index in [1.165, 1.54) is 6.07 Å². The molecule has 0 bridgehead atoms. The Kier molecular flexibility index (Phi) is 4.09. The van der Waals surface area contributed by atoms with E-state index in [2.05, 4.69) is 21.2 Å². The molecule has 1 aliphatic rings. The van der Waals surface area contributed by atoms with Crippen LogP contribution in [-0.2, 0) is 9.47 Å². The number of halogens is 2. The van der Waals surface area contributed by atoms with Gasteiger partial charge in [-0.15, -0.1) is 0 Å². The summed E-state index contributed by atoms with van der Waals surface area (Å²) in [7, 11) is 1.65. The monoisotopic (exact) mass is 318 g/mol. The summed E-state index contributed by atoms with van der Waals surface area (Å²) in [5, 5.41) is 3.12. The molecule has 1 aromatic carbocycles. The summed E-state index contributed by atoms with van der Waals surface area (Å²) in [6, 6.07) is 2.92. The van der Waals surface area contributed by atoms with Crippen LogP contribution in [0.2, 0.25) is 0 Å². The van der Waals surface area contributed by atoms with Crippen LogP contribution in [-0.4, -0.2) is 32.5 Å². The molecule has 2 rings (SSSR count). The van der Waals surface area contributed by atoms with Gasteiger partial charge in [-0.25, -0.2) is 4.39 Å². The molecular weight excluding hydrogens is 303 g/mol. The zero-order chi connectivity index (χ0) is 13.2. The molecule has 0 spiro atoms. The van der Waals surface area contributed by atoms with Crippen molar-refractivity contribution in [2.45, 2.75) is 12.0 Å². The van der Waals surface area contributed by atoms with Crippen molar-refractivity contribution in [2.24, 2.45) is 0 Å². The van der Waals surface area contributed by atoms with Gasteiger partial charge in [0.1, 0.15) is 11.4 Å². The maximum Gasteiger partial charge on any atom is 0.139 e. The van der Waals surface area contributed by atoms with E-state index in [-0.39, 0.29) is 11.4 Å². The SMILES string of the molecule is COC1(CNc2cc(F)c(Br)cc2N)CCOC1. The van der Waals surface area contributed by atoms with Gasteiger partial charge >= 0.3 is 0 Å². The van der Waals surface area contributed by atoms with Gasteiger partial charge in [0.2, 0.25) is 0 Å². The highest BCUT2D eigenvalue weighted by Gasteiger charge is 2.34. The maximum absolute atomic E-state index is 13.4. The van der Waals surface area contributed by atoms with E-state index >= 15 is 0 Å². The zero-order valence-electron chi connectivity index (χ0n) is 10.1. The number of rotatable bonds is 4. The van der Waals surface area contributed by atoms with E-state index in [4.69, 9.17) is 15.2 Å². The fourth-order valence-corrected chi connectivity index (χ4v) is 2.29. The second-order valence-corrected chi connectivity index (χ2v) is 5.25. The van der Waals surface area contributed by atoms with E-state index in [0.29, 0.717) is 35.6 Å². The lowest BCUT2D eigenvalue weighted by Crippen LogP contribution is -2.39. The van der Waals surface area contributed by atoms with Crippen LogP contribution in [0.3, 0.4) is 0 Å². The molecule has 3 N–H and O–H groups in total. The first kappa shape index (κ1) is 13.6. The van der Waals surface area contributed by atoms with Crippen molar-refractivity contribution in [2.75, 3.05) is 37.9 Å². The third-order valence-electron chi connectivity index (χ3n) is 3.19. The van der Waals surface area contributed by atoms with Gasteiger partial charge in [0.25, 0.3) is 0 Å². The summed E-state index contributed by atoms with van der Waals surface area (Å²) in [5.74, 6) is -0.346. The van der Waals surface area contributed by atoms with Gasteiger partial charge in [0.05, 0.1) is 22.5 Å². The van der Waals surface area contributed by atoms with Crippen LogP contribution in [0.4, 0.5) is 15.8 Å². The van der Waals surface area contributed by atoms with Crippen LogP contribution in [0.25, 0.3) is 0 Å². The highest BCUT2D eigenvalue weighted by Crippen LogP contribution is 2.28. The van der Waals surface area contributed by atoms with Crippen molar-refractivity contribution >= 4 is 27.3 Å². The fourth-order valence-electron chi connectivity index (χ4n) is 1.93. The first-order valence-corrected chi connectivity index (χ1v) is 6.47. The number of nitrogens with one attached hydrogen (secondary N) is 1. The molecule has 0 saturated carbocycles. The van der Waals surface area contributed by atoms with Crippen molar-refractivity contribution in [3.8, 4) is 0 Å². The minimum absolute atomic E-state index is 0.346. The summed E-state index contributed by atoms with van der Waals surface area (Å²) < 4.78 is 24.6.